The predicted molar refractivity (Wildman–Crippen MR) is 99.3 cm³/mol. The molecule has 3 N–H and O–H groups in total. The third-order valence-electron chi connectivity index (χ3n) is 3.72. The molecule has 3 aromatic rings. The van der Waals surface area contributed by atoms with Gasteiger partial charge in [-0.15, -0.1) is 0 Å². The van der Waals surface area contributed by atoms with E-state index in [9.17, 15) is 8.42 Å². The molecular formula is C17H16BrN3O2S. The fourth-order valence-electron chi connectivity index (χ4n) is 2.46. The third-order valence-corrected chi connectivity index (χ3v) is 5.27. The number of benzene rings is 2. The lowest BCUT2D eigenvalue weighted by Crippen LogP contribution is -2.14. The number of pyridine rings is 1. The predicted octanol–water partition coefficient (Wildman–Crippen LogP) is 3.82. The lowest BCUT2D eigenvalue weighted by Gasteiger charge is -2.16. The van der Waals surface area contributed by atoms with Crippen LogP contribution in [0.2, 0.25) is 0 Å². The molecule has 5 nitrogen and oxygen atoms in total. The highest BCUT2D eigenvalue weighted by Gasteiger charge is 2.12. The molecule has 1 unspecified atom stereocenters. The number of para-hydroxylation sites is 1. The molecule has 0 radical (unpaired) electrons. The Balaban J connectivity index is 1.90. The molecule has 0 bridgehead atoms. The second kappa shape index (κ2) is 6.51. The minimum atomic E-state index is -3.72. The van der Waals surface area contributed by atoms with Crippen LogP contribution in [0.25, 0.3) is 10.9 Å². The summed E-state index contributed by atoms with van der Waals surface area (Å²) in [6.45, 7) is 1.94. The fraction of sp³-hybridized carbons (Fsp3) is 0.118. The number of sulfonamides is 1. The molecule has 0 spiro atoms. The number of hydrogen-bond donors (Lipinski definition) is 2. The summed E-state index contributed by atoms with van der Waals surface area (Å²) in [7, 11) is -3.72. The van der Waals surface area contributed by atoms with Crippen molar-refractivity contribution < 1.29 is 8.42 Å². The minimum Gasteiger partial charge on any atom is -0.364 e. The van der Waals surface area contributed by atoms with Gasteiger partial charge in [0.25, 0.3) is 0 Å². The van der Waals surface area contributed by atoms with Crippen molar-refractivity contribution in [3.8, 4) is 0 Å². The van der Waals surface area contributed by atoms with Gasteiger partial charge in [0.15, 0.2) is 0 Å². The van der Waals surface area contributed by atoms with Gasteiger partial charge >= 0.3 is 0 Å². The Morgan fingerprint density at radius 1 is 1.12 bits per heavy atom. The van der Waals surface area contributed by atoms with E-state index in [4.69, 9.17) is 5.14 Å². The summed E-state index contributed by atoms with van der Waals surface area (Å²) in [4.78, 5) is 4.71. The van der Waals surface area contributed by atoms with Crippen molar-refractivity contribution in [3.05, 3.63) is 64.6 Å². The van der Waals surface area contributed by atoms with Crippen LogP contribution in [0.15, 0.2) is 64.0 Å². The summed E-state index contributed by atoms with van der Waals surface area (Å²) in [5.41, 5.74) is 1.68. The first-order chi connectivity index (χ1) is 11.3. The largest absolute Gasteiger partial charge is 0.364 e. The van der Waals surface area contributed by atoms with Crippen molar-refractivity contribution in [1.82, 2.24) is 4.98 Å². The first-order valence-corrected chi connectivity index (χ1v) is 9.63. The highest BCUT2D eigenvalue weighted by molar-refractivity contribution is 9.10. The molecule has 1 aromatic heterocycles. The maximum Gasteiger partial charge on any atom is 0.238 e. The molecule has 7 heteroatoms. The highest BCUT2D eigenvalue weighted by atomic mass is 79.9. The lowest BCUT2D eigenvalue weighted by atomic mass is 10.1. The van der Waals surface area contributed by atoms with Gasteiger partial charge in [-0.3, -0.25) is 0 Å². The quantitative estimate of drug-likeness (QED) is 0.690. The second-order valence-electron chi connectivity index (χ2n) is 5.49. The number of hydrogen-bond acceptors (Lipinski definition) is 4. The van der Waals surface area contributed by atoms with Gasteiger partial charge in [0.1, 0.15) is 5.82 Å². The Hall–Kier alpha value is -1.96. The standard InChI is InChI=1S/C17H16BrN3O2S/c1-11(13-5-2-6-14(10-13)24(19,22)23)20-16-9-8-12-4-3-7-15(18)17(12)21-16/h2-11H,1H3,(H,20,21)(H2,19,22,23). The van der Waals surface area contributed by atoms with Crippen LogP contribution in [-0.4, -0.2) is 13.4 Å². The maximum absolute atomic E-state index is 11.5. The van der Waals surface area contributed by atoms with Crippen LogP contribution in [-0.2, 0) is 10.0 Å². The van der Waals surface area contributed by atoms with E-state index in [1.165, 1.54) is 6.07 Å². The zero-order chi connectivity index (χ0) is 17.3. The van der Waals surface area contributed by atoms with E-state index in [1.807, 2.05) is 43.3 Å². The van der Waals surface area contributed by atoms with Crippen LogP contribution < -0.4 is 10.5 Å². The van der Waals surface area contributed by atoms with Gasteiger partial charge in [-0.25, -0.2) is 18.5 Å². The molecule has 3 rings (SSSR count). The number of aromatic nitrogens is 1. The van der Waals surface area contributed by atoms with E-state index >= 15 is 0 Å². The van der Waals surface area contributed by atoms with Crippen LogP contribution in [0.1, 0.15) is 18.5 Å². The second-order valence-corrected chi connectivity index (χ2v) is 7.91. The van der Waals surface area contributed by atoms with E-state index in [1.54, 1.807) is 12.1 Å². The third kappa shape index (κ3) is 3.58. The zero-order valence-corrected chi connectivity index (χ0v) is 15.3. The molecule has 1 atom stereocenters. The summed E-state index contributed by atoms with van der Waals surface area (Å²) >= 11 is 3.50. The van der Waals surface area contributed by atoms with Crippen molar-refractivity contribution >= 4 is 42.7 Å². The van der Waals surface area contributed by atoms with E-state index in [-0.39, 0.29) is 10.9 Å². The Bertz CT molecular complexity index is 1010. The summed E-state index contributed by atoms with van der Waals surface area (Å²) in [6, 6.07) is 16.2. The van der Waals surface area contributed by atoms with Crippen LogP contribution in [0.4, 0.5) is 5.82 Å². The Labute approximate surface area is 149 Å². The fourth-order valence-corrected chi connectivity index (χ4v) is 3.50. The van der Waals surface area contributed by atoms with Crippen molar-refractivity contribution in [2.24, 2.45) is 5.14 Å². The van der Waals surface area contributed by atoms with E-state index in [2.05, 4.69) is 26.2 Å². The number of nitrogens with two attached hydrogens (primary N) is 1. The Morgan fingerprint density at radius 3 is 2.62 bits per heavy atom. The molecule has 24 heavy (non-hydrogen) atoms. The number of rotatable bonds is 4. The number of anilines is 1. The Morgan fingerprint density at radius 2 is 1.88 bits per heavy atom. The normalized spacial score (nSPS) is 13.0. The smallest absolute Gasteiger partial charge is 0.238 e. The molecule has 2 aromatic carbocycles. The van der Waals surface area contributed by atoms with Gasteiger partial charge in [0.2, 0.25) is 10.0 Å². The van der Waals surface area contributed by atoms with Crippen molar-refractivity contribution in [2.45, 2.75) is 17.9 Å². The molecule has 1 heterocycles. The number of halogens is 1. The van der Waals surface area contributed by atoms with Crippen LogP contribution in [0.3, 0.4) is 0 Å². The maximum atomic E-state index is 11.5. The average Bonchev–Trinajstić information content (AvgIpc) is 2.55. The summed E-state index contributed by atoms with van der Waals surface area (Å²) < 4.78 is 23.9. The van der Waals surface area contributed by atoms with Gasteiger partial charge in [-0.2, -0.15) is 0 Å². The molecule has 0 fully saturated rings. The monoisotopic (exact) mass is 405 g/mol. The lowest BCUT2D eigenvalue weighted by molar-refractivity contribution is 0.597. The molecule has 0 saturated heterocycles. The van der Waals surface area contributed by atoms with Crippen molar-refractivity contribution in [2.75, 3.05) is 5.32 Å². The average molecular weight is 406 g/mol. The van der Waals surface area contributed by atoms with Crippen LogP contribution >= 0.6 is 15.9 Å². The number of primary sulfonamides is 1. The van der Waals surface area contributed by atoms with Crippen molar-refractivity contribution in [3.63, 3.8) is 0 Å². The number of fused-ring (bicyclic) bond motifs is 1. The van der Waals surface area contributed by atoms with Gasteiger partial charge in [0.05, 0.1) is 10.4 Å². The summed E-state index contributed by atoms with van der Waals surface area (Å²) in [5.74, 6) is 0.711. The minimum absolute atomic E-state index is 0.0999. The van der Waals surface area contributed by atoms with Gasteiger partial charge in [-0.05, 0) is 58.7 Å². The first kappa shape index (κ1) is 16.9. The number of nitrogens with one attached hydrogen (secondary N) is 1. The molecule has 0 saturated carbocycles. The molecule has 124 valence electrons. The molecule has 0 aliphatic carbocycles. The zero-order valence-electron chi connectivity index (χ0n) is 12.9. The van der Waals surface area contributed by atoms with E-state index in [0.29, 0.717) is 5.82 Å². The van der Waals surface area contributed by atoms with Crippen molar-refractivity contribution in [1.29, 1.82) is 0 Å². The highest BCUT2D eigenvalue weighted by Crippen LogP contribution is 2.25. The molecular weight excluding hydrogens is 390 g/mol. The molecule has 0 aliphatic rings. The van der Waals surface area contributed by atoms with Gasteiger partial charge in [-0.1, -0.05) is 24.3 Å². The topological polar surface area (TPSA) is 85.1 Å². The first-order valence-electron chi connectivity index (χ1n) is 7.29. The van der Waals surface area contributed by atoms with Crippen LogP contribution in [0.5, 0.6) is 0 Å². The summed E-state index contributed by atoms with van der Waals surface area (Å²) in [6.07, 6.45) is 0. The summed E-state index contributed by atoms with van der Waals surface area (Å²) in [5, 5.41) is 9.52. The Kier molecular flexibility index (Phi) is 4.58. The molecule has 0 aliphatic heterocycles. The molecule has 0 amide bonds. The SMILES string of the molecule is CC(Nc1ccc2cccc(Br)c2n1)c1cccc(S(N)(=O)=O)c1. The van der Waals surface area contributed by atoms with Gasteiger partial charge in [0, 0.05) is 15.9 Å². The number of nitrogens with zero attached hydrogens (tertiary/aromatic N) is 1. The van der Waals surface area contributed by atoms with Gasteiger partial charge < -0.3 is 5.32 Å². The van der Waals surface area contributed by atoms with E-state index < -0.39 is 10.0 Å². The van der Waals surface area contributed by atoms with E-state index in [0.717, 1.165) is 20.9 Å². The van der Waals surface area contributed by atoms with Crippen LogP contribution in [0, 0.1) is 0 Å².